The Morgan fingerprint density at radius 3 is 1.88 bits per heavy atom. The molecule has 0 atom stereocenters. The first-order chi connectivity index (χ1) is 16.2. The number of nitrogens with zero attached hydrogens (tertiary/aromatic N) is 1. The van der Waals surface area contributed by atoms with Crippen LogP contribution in [-0.4, -0.2) is 26.1 Å². The second-order valence-corrected chi connectivity index (χ2v) is 7.68. The van der Waals surface area contributed by atoms with Crippen molar-refractivity contribution in [2.75, 3.05) is 21.3 Å². The first-order valence-corrected chi connectivity index (χ1v) is 10.6. The number of hydrogen-bond donors (Lipinski definition) is 0. The van der Waals surface area contributed by atoms with Gasteiger partial charge < -0.3 is 14.3 Å². The zero-order chi connectivity index (χ0) is 22.9. The molecule has 3 aromatic rings. The second-order valence-electron chi connectivity index (χ2n) is 7.68. The van der Waals surface area contributed by atoms with Gasteiger partial charge >= 0.3 is 0 Å². The molecule has 1 heterocycles. The molecule has 0 bridgehead atoms. The summed E-state index contributed by atoms with van der Waals surface area (Å²) in [5.41, 5.74) is 5.09. The van der Waals surface area contributed by atoms with Crippen LogP contribution in [0, 0.1) is 0 Å². The van der Waals surface area contributed by atoms with Crippen LogP contribution in [0.5, 0.6) is 11.5 Å². The molecule has 0 spiro atoms. The summed E-state index contributed by atoms with van der Waals surface area (Å²) in [4.78, 5) is 19.4. The molecule has 2 aliphatic carbocycles. The lowest BCUT2D eigenvalue weighted by molar-refractivity contribution is 0.163. The van der Waals surface area contributed by atoms with Gasteiger partial charge in [0.15, 0.2) is 0 Å². The first-order valence-electron chi connectivity index (χ1n) is 10.6. The fourth-order valence-electron chi connectivity index (χ4n) is 4.38. The molecular formula is C28H23NO4. The van der Waals surface area contributed by atoms with Gasteiger partial charge in [-0.2, -0.15) is 0 Å². The largest absolute Gasteiger partial charge is 0.497 e. The summed E-state index contributed by atoms with van der Waals surface area (Å²) in [6.07, 6.45) is 0. The molecule has 2 aromatic carbocycles. The quantitative estimate of drug-likeness (QED) is 0.364. The molecule has 2 aliphatic rings. The molecule has 0 radical (unpaired) electrons. The lowest BCUT2D eigenvalue weighted by Gasteiger charge is -2.18. The van der Waals surface area contributed by atoms with Gasteiger partial charge in [0.25, 0.3) is 5.56 Å². The van der Waals surface area contributed by atoms with Crippen LogP contribution in [0.4, 0.5) is 0 Å². The van der Waals surface area contributed by atoms with E-state index in [2.05, 4.69) is 6.07 Å². The maximum atomic E-state index is 13.7. The molecule has 5 heteroatoms. The maximum Gasteiger partial charge on any atom is 0.292 e. The van der Waals surface area contributed by atoms with Crippen LogP contribution < -0.4 is 19.9 Å². The molecule has 0 N–H and O–H groups in total. The SMILES string of the molecule is COc1ccc(-c2c(-c3ccc(OC)cc3)n(OC)c(=O)c3c4cccccc-4cc23)cc1. The van der Waals surface area contributed by atoms with Crippen molar-refractivity contribution in [2.24, 2.45) is 0 Å². The third kappa shape index (κ3) is 3.38. The van der Waals surface area contributed by atoms with Crippen LogP contribution in [-0.2, 0) is 0 Å². The fourth-order valence-corrected chi connectivity index (χ4v) is 4.38. The molecule has 33 heavy (non-hydrogen) atoms. The van der Waals surface area contributed by atoms with Crippen LogP contribution in [0.3, 0.4) is 0 Å². The Hall–Kier alpha value is -4.25. The number of methoxy groups -OCH3 is 2. The molecule has 5 nitrogen and oxygen atoms in total. The zero-order valence-corrected chi connectivity index (χ0v) is 18.7. The Bertz CT molecular complexity index is 1470. The van der Waals surface area contributed by atoms with Crippen LogP contribution in [0.25, 0.3) is 44.3 Å². The van der Waals surface area contributed by atoms with E-state index >= 15 is 0 Å². The third-order valence-corrected chi connectivity index (χ3v) is 5.94. The highest BCUT2D eigenvalue weighted by molar-refractivity contribution is 6.11. The van der Waals surface area contributed by atoms with Gasteiger partial charge in [0.2, 0.25) is 0 Å². The van der Waals surface area contributed by atoms with Gasteiger partial charge in [0.1, 0.15) is 18.6 Å². The molecule has 0 fully saturated rings. The van der Waals surface area contributed by atoms with Crippen molar-refractivity contribution in [2.45, 2.75) is 0 Å². The van der Waals surface area contributed by atoms with E-state index in [1.54, 1.807) is 14.2 Å². The molecule has 0 unspecified atom stereocenters. The van der Waals surface area contributed by atoms with E-state index in [1.165, 1.54) is 11.8 Å². The number of pyridine rings is 1. The molecule has 0 saturated heterocycles. The number of hydrogen-bond acceptors (Lipinski definition) is 4. The third-order valence-electron chi connectivity index (χ3n) is 5.94. The maximum absolute atomic E-state index is 13.7. The smallest absolute Gasteiger partial charge is 0.292 e. The van der Waals surface area contributed by atoms with Gasteiger partial charge in [-0.1, -0.05) is 42.5 Å². The topological polar surface area (TPSA) is 49.7 Å². The van der Waals surface area contributed by atoms with Crippen molar-refractivity contribution in [1.29, 1.82) is 0 Å². The lowest BCUT2D eigenvalue weighted by atomic mass is 9.95. The number of fused-ring (bicyclic) bond motifs is 3. The minimum Gasteiger partial charge on any atom is -0.497 e. The second kappa shape index (κ2) is 8.36. The summed E-state index contributed by atoms with van der Waals surface area (Å²) in [6, 6.07) is 27.4. The van der Waals surface area contributed by atoms with Gasteiger partial charge in [-0.3, -0.25) is 4.79 Å². The van der Waals surface area contributed by atoms with Crippen molar-refractivity contribution >= 4 is 10.8 Å². The van der Waals surface area contributed by atoms with Gasteiger partial charge in [-0.25, -0.2) is 0 Å². The number of ether oxygens (including phenoxy) is 2. The van der Waals surface area contributed by atoms with E-state index in [1.807, 2.05) is 78.9 Å². The van der Waals surface area contributed by atoms with Crippen LogP contribution in [0.15, 0.2) is 89.7 Å². The van der Waals surface area contributed by atoms with Gasteiger partial charge in [0, 0.05) is 11.1 Å². The van der Waals surface area contributed by atoms with Crippen LogP contribution in [0.2, 0.25) is 0 Å². The van der Waals surface area contributed by atoms with Crippen LogP contribution >= 0.6 is 0 Å². The molecule has 0 saturated carbocycles. The minimum atomic E-state index is -0.197. The van der Waals surface area contributed by atoms with E-state index in [0.29, 0.717) is 11.1 Å². The van der Waals surface area contributed by atoms with E-state index in [0.717, 1.165) is 44.7 Å². The van der Waals surface area contributed by atoms with E-state index < -0.39 is 0 Å². The van der Waals surface area contributed by atoms with E-state index in [4.69, 9.17) is 14.3 Å². The van der Waals surface area contributed by atoms with E-state index in [-0.39, 0.29) is 5.56 Å². The molecular weight excluding hydrogens is 414 g/mol. The molecule has 0 amide bonds. The number of aromatic nitrogens is 1. The van der Waals surface area contributed by atoms with Gasteiger partial charge in [0.05, 0.1) is 25.3 Å². The fraction of sp³-hybridized carbons (Fsp3) is 0.107. The highest BCUT2D eigenvalue weighted by Gasteiger charge is 2.24. The minimum absolute atomic E-state index is 0.197. The molecule has 1 aromatic heterocycles. The summed E-state index contributed by atoms with van der Waals surface area (Å²) >= 11 is 0. The predicted octanol–water partition coefficient (Wildman–Crippen LogP) is 5.52. The Kier molecular flexibility index (Phi) is 5.23. The number of benzene rings is 2. The Balaban J connectivity index is 1.95. The highest BCUT2D eigenvalue weighted by Crippen LogP contribution is 2.42. The van der Waals surface area contributed by atoms with Gasteiger partial charge in [-0.15, -0.1) is 4.73 Å². The normalized spacial score (nSPS) is 11.0. The van der Waals surface area contributed by atoms with Crippen molar-refractivity contribution in [1.82, 2.24) is 4.73 Å². The summed E-state index contributed by atoms with van der Waals surface area (Å²) < 4.78 is 12.1. The van der Waals surface area contributed by atoms with Crippen molar-refractivity contribution in [3.05, 3.63) is 95.3 Å². The Labute approximate surface area is 191 Å². The average Bonchev–Trinajstić information content (AvgIpc) is 3.06. The Morgan fingerprint density at radius 1 is 0.667 bits per heavy atom. The first kappa shape index (κ1) is 20.6. The van der Waals surface area contributed by atoms with Crippen molar-refractivity contribution < 1.29 is 14.3 Å². The number of rotatable bonds is 5. The molecule has 5 rings (SSSR count). The standard InChI is InChI=1S/C28H23NO4/c1-31-21-13-9-18(10-14-21)25-24-17-20-7-5-4-6-8-23(20)26(24)28(30)29(33-3)27(25)19-11-15-22(32-2)16-12-19/h4-17H,1-3H3. The molecule has 0 aliphatic heterocycles. The van der Waals surface area contributed by atoms with Crippen molar-refractivity contribution in [3.8, 4) is 45.0 Å². The highest BCUT2D eigenvalue weighted by atomic mass is 16.6. The lowest BCUT2D eigenvalue weighted by Crippen LogP contribution is -2.27. The predicted molar refractivity (Wildman–Crippen MR) is 131 cm³/mol. The monoisotopic (exact) mass is 437 g/mol. The van der Waals surface area contributed by atoms with Crippen molar-refractivity contribution in [3.63, 3.8) is 0 Å². The molecule has 164 valence electrons. The average molecular weight is 437 g/mol. The summed E-state index contributed by atoms with van der Waals surface area (Å²) in [5.74, 6) is 1.50. The summed E-state index contributed by atoms with van der Waals surface area (Å²) in [6.45, 7) is 0. The Morgan fingerprint density at radius 2 is 1.27 bits per heavy atom. The van der Waals surface area contributed by atoms with Gasteiger partial charge in [-0.05, 0) is 64.5 Å². The van der Waals surface area contributed by atoms with Crippen LogP contribution in [0.1, 0.15) is 0 Å². The van der Waals surface area contributed by atoms with E-state index in [9.17, 15) is 4.79 Å². The summed E-state index contributed by atoms with van der Waals surface area (Å²) in [7, 11) is 4.79. The summed E-state index contributed by atoms with van der Waals surface area (Å²) in [5, 5.41) is 1.51. The zero-order valence-electron chi connectivity index (χ0n) is 18.7.